The van der Waals surface area contributed by atoms with Gasteiger partial charge in [-0.1, -0.05) is 12.1 Å². The lowest BCUT2D eigenvalue weighted by molar-refractivity contribution is -0.143. The second-order valence-corrected chi connectivity index (χ2v) is 8.88. The summed E-state index contributed by atoms with van der Waals surface area (Å²) in [6.07, 6.45) is 1.08. The molecule has 4 atom stereocenters. The van der Waals surface area contributed by atoms with Crippen LogP contribution in [0.5, 0.6) is 5.75 Å². The number of nitrogens with one attached hydrogen (secondary N) is 3. The summed E-state index contributed by atoms with van der Waals surface area (Å²) in [4.78, 5) is 60.2. The third-order valence-corrected chi connectivity index (χ3v) is 5.69. The predicted molar refractivity (Wildman–Crippen MR) is 130 cm³/mol. The van der Waals surface area contributed by atoms with Gasteiger partial charge in [0.25, 0.3) is 0 Å². The lowest BCUT2D eigenvalue weighted by Gasteiger charge is -2.24. The van der Waals surface area contributed by atoms with E-state index in [0.29, 0.717) is 11.3 Å². The molecule has 200 valence electrons. The maximum absolute atomic E-state index is 12.7. The summed E-state index contributed by atoms with van der Waals surface area (Å²) in [5, 5.41) is 44.1. The van der Waals surface area contributed by atoms with Crippen molar-refractivity contribution < 1.29 is 44.4 Å². The minimum absolute atomic E-state index is 0.0363. The molecule has 0 spiro atoms. The van der Waals surface area contributed by atoms with Crippen molar-refractivity contribution in [1.82, 2.24) is 16.0 Å². The van der Waals surface area contributed by atoms with Gasteiger partial charge in [-0.05, 0) is 49.0 Å². The number of carbonyl (C=O) groups excluding carboxylic acids is 3. The number of phenols is 1. The summed E-state index contributed by atoms with van der Waals surface area (Å²) >= 11 is 1.37. The Labute approximate surface area is 211 Å². The summed E-state index contributed by atoms with van der Waals surface area (Å²) in [6.45, 7) is -0.845. The van der Waals surface area contributed by atoms with E-state index in [1.807, 2.05) is 0 Å². The van der Waals surface area contributed by atoms with E-state index in [4.69, 9.17) is 10.8 Å². The van der Waals surface area contributed by atoms with Gasteiger partial charge in [0, 0.05) is 6.42 Å². The van der Waals surface area contributed by atoms with Crippen LogP contribution in [0.15, 0.2) is 24.3 Å². The average molecular weight is 529 g/mol. The molecule has 0 aliphatic carbocycles. The second kappa shape index (κ2) is 15.6. The number of carbonyl (C=O) groups is 5. The van der Waals surface area contributed by atoms with Crippen molar-refractivity contribution in [2.24, 2.45) is 5.73 Å². The minimum Gasteiger partial charge on any atom is -0.508 e. The molecule has 0 aliphatic heterocycles. The summed E-state index contributed by atoms with van der Waals surface area (Å²) in [5.74, 6) is -4.72. The topological polar surface area (TPSA) is 228 Å². The molecule has 36 heavy (non-hydrogen) atoms. The number of nitrogens with two attached hydrogens (primary N) is 1. The molecule has 0 aliphatic rings. The van der Waals surface area contributed by atoms with E-state index in [1.54, 1.807) is 18.4 Å². The SMILES string of the molecule is CSCCC(NC(=O)C(CCC(=O)O)NC(=O)C(CO)NC(=O)C(N)Cc1ccc(O)cc1)C(=O)O. The molecule has 0 saturated carbocycles. The zero-order valence-corrected chi connectivity index (χ0v) is 20.5. The van der Waals surface area contributed by atoms with Crippen LogP contribution < -0.4 is 21.7 Å². The van der Waals surface area contributed by atoms with Gasteiger partial charge in [-0.2, -0.15) is 11.8 Å². The van der Waals surface area contributed by atoms with Gasteiger partial charge >= 0.3 is 11.9 Å². The van der Waals surface area contributed by atoms with Gasteiger partial charge in [0.1, 0.15) is 23.9 Å². The largest absolute Gasteiger partial charge is 0.508 e. The Kier molecular flexibility index (Phi) is 13.3. The summed E-state index contributed by atoms with van der Waals surface area (Å²) in [7, 11) is 0. The van der Waals surface area contributed by atoms with Crippen molar-refractivity contribution in [2.45, 2.75) is 49.9 Å². The van der Waals surface area contributed by atoms with Crippen LogP contribution in [0.2, 0.25) is 0 Å². The molecule has 1 aromatic rings. The molecule has 0 fully saturated rings. The van der Waals surface area contributed by atoms with Crippen molar-refractivity contribution in [3.8, 4) is 5.75 Å². The molecule has 13 nitrogen and oxygen atoms in total. The number of rotatable bonds is 16. The van der Waals surface area contributed by atoms with Crippen LogP contribution in [0.4, 0.5) is 0 Å². The number of aliphatic carboxylic acids is 2. The Bertz CT molecular complexity index is 913. The summed E-state index contributed by atoms with van der Waals surface area (Å²) in [5.41, 5.74) is 6.51. The monoisotopic (exact) mass is 528 g/mol. The first-order valence-corrected chi connectivity index (χ1v) is 12.4. The van der Waals surface area contributed by atoms with Crippen LogP contribution in [0.25, 0.3) is 0 Å². The van der Waals surface area contributed by atoms with Crippen LogP contribution in [0.3, 0.4) is 0 Å². The van der Waals surface area contributed by atoms with Crippen molar-refractivity contribution in [2.75, 3.05) is 18.6 Å². The highest BCUT2D eigenvalue weighted by Crippen LogP contribution is 2.11. The van der Waals surface area contributed by atoms with Gasteiger partial charge < -0.3 is 42.1 Å². The molecule has 0 saturated heterocycles. The average Bonchev–Trinajstić information content (AvgIpc) is 2.83. The number of carboxylic acid groups (broad SMARTS) is 2. The quantitative estimate of drug-likeness (QED) is 0.122. The van der Waals surface area contributed by atoms with Crippen molar-refractivity contribution in [3.63, 3.8) is 0 Å². The number of thioether (sulfide) groups is 1. The number of hydrogen-bond acceptors (Lipinski definition) is 9. The van der Waals surface area contributed by atoms with E-state index in [0.717, 1.165) is 0 Å². The molecule has 9 N–H and O–H groups in total. The predicted octanol–water partition coefficient (Wildman–Crippen LogP) is -1.59. The summed E-state index contributed by atoms with van der Waals surface area (Å²) < 4.78 is 0. The van der Waals surface area contributed by atoms with Crippen molar-refractivity contribution in [1.29, 1.82) is 0 Å². The molecule has 0 bridgehead atoms. The maximum atomic E-state index is 12.7. The molecule has 1 rings (SSSR count). The molecule has 0 heterocycles. The van der Waals surface area contributed by atoms with Crippen LogP contribution in [-0.2, 0) is 30.4 Å². The summed E-state index contributed by atoms with van der Waals surface area (Å²) in [6, 6.07) is 0.680. The lowest BCUT2D eigenvalue weighted by atomic mass is 10.1. The molecule has 4 unspecified atom stereocenters. The first kappa shape index (κ1) is 30.7. The maximum Gasteiger partial charge on any atom is 0.326 e. The van der Waals surface area contributed by atoms with E-state index in [-0.39, 0.29) is 25.0 Å². The molecule has 0 radical (unpaired) electrons. The molecular weight excluding hydrogens is 496 g/mol. The number of amides is 3. The number of aliphatic hydroxyl groups is 1. The molecular formula is C22H32N4O9S. The van der Waals surface area contributed by atoms with Gasteiger partial charge in [-0.15, -0.1) is 0 Å². The smallest absolute Gasteiger partial charge is 0.326 e. The van der Waals surface area contributed by atoms with Gasteiger partial charge in [0.15, 0.2) is 0 Å². The van der Waals surface area contributed by atoms with Crippen LogP contribution in [-0.4, -0.2) is 92.9 Å². The van der Waals surface area contributed by atoms with Gasteiger partial charge in [0.05, 0.1) is 12.6 Å². The van der Waals surface area contributed by atoms with Gasteiger partial charge in [-0.3, -0.25) is 19.2 Å². The highest BCUT2D eigenvalue weighted by atomic mass is 32.2. The normalized spacial score (nSPS) is 14.1. The fourth-order valence-electron chi connectivity index (χ4n) is 3.03. The Morgan fingerprint density at radius 1 is 0.889 bits per heavy atom. The van der Waals surface area contributed by atoms with Crippen molar-refractivity contribution in [3.05, 3.63) is 29.8 Å². The Hall–Kier alpha value is -3.36. The zero-order chi connectivity index (χ0) is 27.3. The number of aromatic hydroxyl groups is 1. The minimum atomic E-state index is -1.50. The highest BCUT2D eigenvalue weighted by Gasteiger charge is 2.30. The number of benzene rings is 1. The standard InChI is InChI=1S/C22H32N4O9S/c1-36-9-8-16(22(34)35)25-20(32)15(6-7-18(29)30)24-21(33)17(11-27)26-19(31)14(23)10-12-2-4-13(28)5-3-12/h2-5,14-17,27-28H,6-11,23H2,1H3,(H,24,33)(H,25,32)(H,26,31)(H,29,30)(H,34,35). The fourth-order valence-corrected chi connectivity index (χ4v) is 3.50. The Morgan fingerprint density at radius 3 is 1.97 bits per heavy atom. The van der Waals surface area contributed by atoms with Gasteiger partial charge in [-0.25, -0.2) is 4.79 Å². The van der Waals surface area contributed by atoms with E-state index in [9.17, 15) is 39.3 Å². The molecule has 0 aromatic heterocycles. The van der Waals surface area contributed by atoms with E-state index in [1.165, 1.54) is 23.9 Å². The first-order chi connectivity index (χ1) is 17.0. The molecule has 3 amide bonds. The Morgan fingerprint density at radius 2 is 1.44 bits per heavy atom. The third-order valence-electron chi connectivity index (χ3n) is 5.05. The van der Waals surface area contributed by atoms with Crippen molar-refractivity contribution >= 4 is 41.4 Å². The van der Waals surface area contributed by atoms with E-state index in [2.05, 4.69) is 16.0 Å². The molecule has 14 heteroatoms. The van der Waals surface area contributed by atoms with Gasteiger partial charge in [0.2, 0.25) is 17.7 Å². The molecule has 1 aromatic carbocycles. The lowest BCUT2D eigenvalue weighted by Crippen LogP contribution is -2.58. The van der Waals surface area contributed by atoms with Crippen LogP contribution >= 0.6 is 11.8 Å². The first-order valence-electron chi connectivity index (χ1n) is 11.0. The second-order valence-electron chi connectivity index (χ2n) is 7.90. The van der Waals surface area contributed by atoms with Crippen LogP contribution in [0, 0.1) is 0 Å². The van der Waals surface area contributed by atoms with Crippen LogP contribution in [0.1, 0.15) is 24.8 Å². The van der Waals surface area contributed by atoms with E-state index < -0.39 is 66.9 Å². The number of phenolic OH excluding ortho intramolecular Hbond substituents is 1. The fraction of sp³-hybridized carbons (Fsp3) is 0.500. The zero-order valence-electron chi connectivity index (χ0n) is 19.7. The number of aliphatic hydroxyl groups excluding tert-OH is 1. The number of hydrogen-bond donors (Lipinski definition) is 8. The number of carboxylic acids is 2. The Balaban J connectivity index is 2.85. The van der Waals surface area contributed by atoms with E-state index >= 15 is 0 Å². The third kappa shape index (κ3) is 10.9. The highest BCUT2D eigenvalue weighted by molar-refractivity contribution is 7.98.